The summed E-state index contributed by atoms with van der Waals surface area (Å²) in [7, 11) is 0. The van der Waals surface area contributed by atoms with E-state index in [4.69, 9.17) is 4.74 Å². The van der Waals surface area contributed by atoms with Crippen molar-refractivity contribution >= 4 is 32.8 Å². The Bertz CT molecular complexity index is 547. The van der Waals surface area contributed by atoms with Gasteiger partial charge in [-0.3, -0.25) is 0 Å². The van der Waals surface area contributed by atoms with Gasteiger partial charge in [-0.25, -0.2) is 4.79 Å². The molecule has 16 heavy (non-hydrogen) atoms. The van der Waals surface area contributed by atoms with Gasteiger partial charge in [0.2, 0.25) is 0 Å². The van der Waals surface area contributed by atoms with Crippen molar-refractivity contribution < 1.29 is 14.6 Å². The lowest BCUT2D eigenvalue weighted by molar-refractivity contribution is 0.0529. The van der Waals surface area contributed by atoms with Crippen LogP contribution in [0.25, 0.3) is 10.9 Å². The fourth-order valence-corrected chi connectivity index (χ4v) is 1.85. The number of benzene rings is 1. The molecule has 0 atom stereocenters. The highest BCUT2D eigenvalue weighted by Gasteiger charge is 2.14. The molecule has 0 radical (unpaired) electrons. The summed E-state index contributed by atoms with van der Waals surface area (Å²) in [5.74, 6) is -0.298. The Kier molecular flexibility index (Phi) is 2.87. The van der Waals surface area contributed by atoms with Gasteiger partial charge in [0.15, 0.2) is 0 Å². The standard InChI is InChI=1S/C11H10BrNO3/c1-2-16-11(15)7-5-13-9-4-8(12)10(14)3-6(7)9/h3-5,13-14H,2H2,1H3. The third-order valence-corrected chi connectivity index (χ3v) is 2.88. The second kappa shape index (κ2) is 4.17. The Morgan fingerprint density at radius 3 is 3.00 bits per heavy atom. The largest absolute Gasteiger partial charge is 0.507 e. The molecule has 0 unspecified atom stereocenters. The fraction of sp³-hybridized carbons (Fsp3) is 0.182. The van der Waals surface area contributed by atoms with Gasteiger partial charge < -0.3 is 14.8 Å². The van der Waals surface area contributed by atoms with Crippen LogP contribution in [0.3, 0.4) is 0 Å². The van der Waals surface area contributed by atoms with Crippen LogP contribution in [-0.4, -0.2) is 22.7 Å². The maximum atomic E-state index is 11.6. The molecule has 2 N–H and O–H groups in total. The highest BCUT2D eigenvalue weighted by atomic mass is 79.9. The molecule has 84 valence electrons. The van der Waals surface area contributed by atoms with Crippen LogP contribution >= 0.6 is 15.9 Å². The van der Waals surface area contributed by atoms with Crippen LogP contribution < -0.4 is 0 Å². The molecule has 0 spiro atoms. The van der Waals surface area contributed by atoms with Crippen LogP contribution in [0, 0.1) is 0 Å². The van der Waals surface area contributed by atoms with E-state index in [1.165, 1.54) is 6.07 Å². The number of hydrogen-bond acceptors (Lipinski definition) is 3. The Morgan fingerprint density at radius 1 is 1.56 bits per heavy atom. The average molecular weight is 284 g/mol. The number of H-pyrrole nitrogens is 1. The third-order valence-electron chi connectivity index (χ3n) is 2.24. The van der Waals surface area contributed by atoms with Crippen LogP contribution in [0.5, 0.6) is 5.75 Å². The summed E-state index contributed by atoms with van der Waals surface area (Å²) >= 11 is 3.21. The van der Waals surface area contributed by atoms with Gasteiger partial charge in [0, 0.05) is 17.1 Å². The number of carbonyl (C=O) groups excluding carboxylic acids is 1. The van der Waals surface area contributed by atoms with Crippen LogP contribution in [0.2, 0.25) is 0 Å². The number of aromatic hydroxyl groups is 1. The number of phenolic OH excluding ortho intramolecular Hbond substituents is 1. The minimum absolute atomic E-state index is 0.0950. The van der Waals surface area contributed by atoms with Crippen LogP contribution in [0.4, 0.5) is 0 Å². The maximum absolute atomic E-state index is 11.6. The summed E-state index contributed by atoms with van der Waals surface area (Å²) < 4.78 is 5.49. The number of ether oxygens (including phenoxy) is 1. The first-order valence-corrected chi connectivity index (χ1v) is 5.59. The van der Waals surface area contributed by atoms with Crippen molar-refractivity contribution in [1.82, 2.24) is 4.98 Å². The summed E-state index contributed by atoms with van der Waals surface area (Å²) in [4.78, 5) is 14.5. The molecule has 0 fully saturated rings. The van der Waals surface area contributed by atoms with Gasteiger partial charge in [-0.1, -0.05) is 0 Å². The number of nitrogens with one attached hydrogen (secondary N) is 1. The van der Waals surface area contributed by atoms with Gasteiger partial charge in [0.1, 0.15) is 5.75 Å². The lowest BCUT2D eigenvalue weighted by Gasteiger charge is -2.01. The molecule has 0 aliphatic carbocycles. The number of carbonyl (C=O) groups is 1. The van der Waals surface area contributed by atoms with Gasteiger partial charge in [-0.05, 0) is 35.0 Å². The minimum Gasteiger partial charge on any atom is -0.507 e. The number of aromatic nitrogens is 1. The van der Waals surface area contributed by atoms with Crippen LogP contribution in [0.15, 0.2) is 22.8 Å². The topological polar surface area (TPSA) is 62.3 Å². The molecule has 0 bridgehead atoms. The summed E-state index contributed by atoms with van der Waals surface area (Å²) in [5, 5.41) is 10.2. The first-order chi connectivity index (χ1) is 7.63. The summed E-state index contributed by atoms with van der Waals surface area (Å²) in [6.07, 6.45) is 1.58. The molecule has 2 aromatic rings. The van der Waals surface area contributed by atoms with Crippen molar-refractivity contribution in [3.8, 4) is 5.75 Å². The van der Waals surface area contributed by atoms with Crippen molar-refractivity contribution in [2.24, 2.45) is 0 Å². The van der Waals surface area contributed by atoms with Gasteiger partial charge in [0.05, 0.1) is 16.6 Å². The van der Waals surface area contributed by atoms with Crippen LogP contribution in [0.1, 0.15) is 17.3 Å². The third kappa shape index (κ3) is 1.78. The van der Waals surface area contributed by atoms with E-state index in [1.807, 2.05) is 0 Å². The molecule has 1 heterocycles. The van der Waals surface area contributed by atoms with Crippen molar-refractivity contribution in [1.29, 1.82) is 0 Å². The molecule has 1 aromatic carbocycles. The van der Waals surface area contributed by atoms with E-state index in [9.17, 15) is 9.90 Å². The van der Waals surface area contributed by atoms with Crippen molar-refractivity contribution in [2.45, 2.75) is 6.92 Å². The zero-order chi connectivity index (χ0) is 11.7. The molecule has 0 amide bonds. The monoisotopic (exact) mass is 283 g/mol. The van der Waals surface area contributed by atoms with Crippen molar-refractivity contribution in [3.05, 3.63) is 28.4 Å². The average Bonchev–Trinajstić information content (AvgIpc) is 2.62. The van der Waals surface area contributed by atoms with E-state index in [2.05, 4.69) is 20.9 Å². The normalized spacial score (nSPS) is 10.6. The molecule has 0 saturated carbocycles. The minimum atomic E-state index is -0.393. The quantitative estimate of drug-likeness (QED) is 0.833. The lowest BCUT2D eigenvalue weighted by atomic mass is 10.1. The smallest absolute Gasteiger partial charge is 0.340 e. The zero-order valence-corrected chi connectivity index (χ0v) is 10.2. The molecule has 0 aliphatic rings. The molecule has 2 rings (SSSR count). The van der Waals surface area contributed by atoms with Gasteiger partial charge in [-0.15, -0.1) is 0 Å². The van der Waals surface area contributed by atoms with E-state index in [0.717, 1.165) is 5.52 Å². The van der Waals surface area contributed by atoms with Gasteiger partial charge in [-0.2, -0.15) is 0 Å². The molecule has 0 aliphatic heterocycles. The number of aromatic amines is 1. The number of fused-ring (bicyclic) bond motifs is 1. The van der Waals surface area contributed by atoms with Crippen LogP contribution in [-0.2, 0) is 4.74 Å². The number of rotatable bonds is 2. The second-order valence-electron chi connectivity index (χ2n) is 3.27. The highest BCUT2D eigenvalue weighted by Crippen LogP contribution is 2.30. The molecule has 5 heteroatoms. The zero-order valence-electron chi connectivity index (χ0n) is 8.58. The SMILES string of the molecule is CCOC(=O)c1c[nH]c2cc(Br)c(O)cc12. The number of halogens is 1. The van der Waals surface area contributed by atoms with E-state index >= 15 is 0 Å². The van der Waals surface area contributed by atoms with Crippen molar-refractivity contribution in [2.75, 3.05) is 6.61 Å². The lowest BCUT2D eigenvalue weighted by Crippen LogP contribution is -2.03. The van der Waals surface area contributed by atoms with Crippen molar-refractivity contribution in [3.63, 3.8) is 0 Å². The summed E-state index contributed by atoms with van der Waals surface area (Å²) in [5.41, 5.74) is 1.20. The molecule has 4 nitrogen and oxygen atoms in total. The summed E-state index contributed by atoms with van der Waals surface area (Å²) in [6.45, 7) is 2.08. The van der Waals surface area contributed by atoms with Gasteiger partial charge in [0.25, 0.3) is 0 Å². The fourth-order valence-electron chi connectivity index (χ4n) is 1.51. The maximum Gasteiger partial charge on any atom is 0.340 e. The predicted molar refractivity (Wildman–Crippen MR) is 63.6 cm³/mol. The first-order valence-electron chi connectivity index (χ1n) is 4.80. The second-order valence-corrected chi connectivity index (χ2v) is 4.13. The van der Waals surface area contributed by atoms with Gasteiger partial charge >= 0.3 is 5.97 Å². The highest BCUT2D eigenvalue weighted by molar-refractivity contribution is 9.10. The van der Waals surface area contributed by atoms with E-state index < -0.39 is 5.97 Å². The van der Waals surface area contributed by atoms with E-state index in [0.29, 0.717) is 22.0 Å². The predicted octanol–water partition coefficient (Wildman–Crippen LogP) is 2.81. The number of hydrogen-bond donors (Lipinski definition) is 2. The first kappa shape index (κ1) is 11.0. The number of phenols is 1. The molecule has 1 aromatic heterocycles. The Balaban J connectivity index is 2.56. The Hall–Kier alpha value is -1.49. The Labute approximate surface area is 100 Å². The van der Waals surface area contributed by atoms with E-state index in [-0.39, 0.29) is 5.75 Å². The number of esters is 1. The van der Waals surface area contributed by atoms with E-state index in [1.54, 1.807) is 19.2 Å². The molecular weight excluding hydrogens is 274 g/mol. The molecular formula is C11H10BrNO3. The summed E-state index contributed by atoms with van der Waals surface area (Å²) in [6, 6.07) is 3.25. The molecule has 0 saturated heterocycles. The Morgan fingerprint density at radius 2 is 2.31 bits per heavy atom.